The molecule has 3 aromatic carbocycles. The molecule has 0 aromatic heterocycles. The van der Waals surface area contributed by atoms with Crippen LogP contribution in [0.4, 0.5) is 5.69 Å². The molecule has 1 aliphatic heterocycles. The van der Waals surface area contributed by atoms with Crippen molar-refractivity contribution in [3.8, 4) is 11.5 Å². The van der Waals surface area contributed by atoms with Crippen LogP contribution in [0.5, 0.6) is 11.5 Å². The number of aliphatic imine (C=N–C) groups is 1. The Bertz CT molecular complexity index is 1350. The molecule has 0 aliphatic carbocycles. The number of amides is 1. The number of carboxylic acid groups (broad SMARTS) is 1. The molecule has 8 heteroatoms. The number of carbonyl (C=O) groups is 2. The first-order chi connectivity index (χ1) is 16.8. The van der Waals surface area contributed by atoms with E-state index in [4.69, 9.17) is 14.6 Å². The highest BCUT2D eigenvalue weighted by molar-refractivity contribution is 8.18. The van der Waals surface area contributed by atoms with E-state index in [-0.39, 0.29) is 18.1 Å². The number of carbonyl (C=O) groups excluding carboxylic acids is 1. The number of nitrogens with one attached hydrogen (secondary N) is 1. The van der Waals surface area contributed by atoms with E-state index in [0.29, 0.717) is 21.6 Å². The maximum atomic E-state index is 12.5. The molecule has 0 saturated carbocycles. The smallest absolute Gasteiger partial charge is 0.335 e. The Balaban J connectivity index is 1.46. The molecule has 0 radical (unpaired) electrons. The van der Waals surface area contributed by atoms with E-state index in [1.807, 2.05) is 38.1 Å². The fraction of sp³-hybridized carbons (Fsp3) is 0.148. The Labute approximate surface area is 207 Å². The van der Waals surface area contributed by atoms with E-state index in [1.54, 1.807) is 37.5 Å². The van der Waals surface area contributed by atoms with Crippen molar-refractivity contribution < 1.29 is 24.2 Å². The predicted octanol–water partition coefficient (Wildman–Crippen LogP) is 5.48. The van der Waals surface area contributed by atoms with Crippen molar-refractivity contribution in [1.29, 1.82) is 0 Å². The van der Waals surface area contributed by atoms with Gasteiger partial charge in [-0.25, -0.2) is 9.79 Å². The van der Waals surface area contributed by atoms with Crippen LogP contribution in [0.1, 0.15) is 32.6 Å². The van der Waals surface area contributed by atoms with Crippen molar-refractivity contribution in [2.24, 2.45) is 4.99 Å². The molecule has 4 rings (SSSR count). The number of aryl methyl sites for hydroxylation is 2. The van der Waals surface area contributed by atoms with Gasteiger partial charge in [0.15, 0.2) is 16.7 Å². The van der Waals surface area contributed by atoms with Gasteiger partial charge in [0.2, 0.25) is 0 Å². The number of thioether (sulfide) groups is 1. The Hall–Kier alpha value is -4.04. The molecule has 1 fully saturated rings. The van der Waals surface area contributed by atoms with Crippen LogP contribution in [0.3, 0.4) is 0 Å². The summed E-state index contributed by atoms with van der Waals surface area (Å²) >= 11 is 1.28. The summed E-state index contributed by atoms with van der Waals surface area (Å²) in [5.74, 6) is -0.116. The third-order valence-electron chi connectivity index (χ3n) is 5.45. The maximum absolute atomic E-state index is 12.5. The second-order valence-corrected chi connectivity index (χ2v) is 8.98. The minimum atomic E-state index is -0.971. The normalized spacial score (nSPS) is 15.3. The lowest BCUT2D eigenvalue weighted by molar-refractivity contribution is -0.115. The van der Waals surface area contributed by atoms with Gasteiger partial charge in [0.1, 0.15) is 6.61 Å². The quantitative estimate of drug-likeness (QED) is 0.428. The Kier molecular flexibility index (Phi) is 7.22. The van der Waals surface area contributed by atoms with E-state index in [2.05, 4.69) is 10.3 Å². The highest BCUT2D eigenvalue weighted by Gasteiger charge is 2.24. The molecule has 0 spiro atoms. The number of amidine groups is 1. The van der Waals surface area contributed by atoms with Crippen molar-refractivity contribution in [3.63, 3.8) is 0 Å². The minimum absolute atomic E-state index is 0.207. The molecule has 3 aromatic rings. The summed E-state index contributed by atoms with van der Waals surface area (Å²) in [5.41, 5.74) is 4.96. The first kappa shape index (κ1) is 24.1. The molecule has 2 N–H and O–H groups in total. The van der Waals surface area contributed by atoms with Crippen LogP contribution >= 0.6 is 11.8 Å². The molecule has 1 heterocycles. The lowest BCUT2D eigenvalue weighted by Crippen LogP contribution is -2.19. The standard InChI is InChI=1S/C27H24N2O5S/c1-16-4-10-21(12-17(16)2)28-27-29-25(30)24(35-27)14-19-7-11-22(23(13-19)33-3)34-15-18-5-8-20(9-6-18)26(31)32/h4-14H,15H2,1-3H3,(H,31,32)(H,28,29,30)/b24-14+. The number of carboxylic acids is 1. The van der Waals surface area contributed by atoms with E-state index in [0.717, 1.165) is 22.4 Å². The van der Waals surface area contributed by atoms with Gasteiger partial charge in [-0.15, -0.1) is 0 Å². The topological polar surface area (TPSA) is 97.2 Å². The minimum Gasteiger partial charge on any atom is -0.493 e. The van der Waals surface area contributed by atoms with E-state index in [1.165, 1.54) is 29.5 Å². The number of nitrogens with zero attached hydrogens (tertiary/aromatic N) is 1. The molecule has 1 saturated heterocycles. The second-order valence-electron chi connectivity index (χ2n) is 7.95. The molecule has 1 amide bonds. The molecule has 178 valence electrons. The van der Waals surface area contributed by atoms with Gasteiger partial charge in [0.25, 0.3) is 5.91 Å². The molecule has 7 nitrogen and oxygen atoms in total. The van der Waals surface area contributed by atoms with E-state index >= 15 is 0 Å². The summed E-state index contributed by atoms with van der Waals surface area (Å²) in [6, 6.07) is 17.8. The van der Waals surface area contributed by atoms with Gasteiger partial charge in [-0.1, -0.05) is 24.3 Å². The zero-order valence-electron chi connectivity index (χ0n) is 19.5. The van der Waals surface area contributed by atoms with Gasteiger partial charge in [0.05, 0.1) is 23.3 Å². The highest BCUT2D eigenvalue weighted by atomic mass is 32.2. The lowest BCUT2D eigenvalue weighted by atomic mass is 10.1. The number of rotatable bonds is 7. The summed E-state index contributed by atoms with van der Waals surface area (Å²) in [6.45, 7) is 4.33. The average molecular weight is 489 g/mol. The zero-order chi connectivity index (χ0) is 24.9. The van der Waals surface area contributed by atoms with Crippen LogP contribution < -0.4 is 14.8 Å². The molecular formula is C27H24N2O5S. The van der Waals surface area contributed by atoms with Crippen LogP contribution in [-0.2, 0) is 11.4 Å². The number of benzene rings is 3. The summed E-state index contributed by atoms with van der Waals surface area (Å²) in [7, 11) is 1.55. The number of methoxy groups -OCH3 is 1. The number of aromatic carboxylic acids is 1. The largest absolute Gasteiger partial charge is 0.493 e. The zero-order valence-corrected chi connectivity index (χ0v) is 20.3. The van der Waals surface area contributed by atoms with Crippen LogP contribution in [0.15, 0.2) is 70.6 Å². The van der Waals surface area contributed by atoms with Gasteiger partial charge in [-0.05, 0) is 90.3 Å². The van der Waals surface area contributed by atoms with Gasteiger partial charge >= 0.3 is 5.97 Å². The fourth-order valence-electron chi connectivity index (χ4n) is 3.34. The molecule has 0 bridgehead atoms. The Morgan fingerprint density at radius 1 is 1.03 bits per heavy atom. The SMILES string of the molecule is COc1cc(/C=C2/SC(=Nc3ccc(C)c(C)c3)NC2=O)ccc1OCc1ccc(C(=O)O)cc1. The molecular weight excluding hydrogens is 464 g/mol. The first-order valence-electron chi connectivity index (χ1n) is 10.8. The summed E-state index contributed by atoms with van der Waals surface area (Å²) < 4.78 is 11.3. The lowest BCUT2D eigenvalue weighted by Gasteiger charge is -2.11. The second kappa shape index (κ2) is 10.5. The van der Waals surface area contributed by atoms with Crippen molar-refractivity contribution in [1.82, 2.24) is 5.32 Å². The fourth-order valence-corrected chi connectivity index (χ4v) is 4.18. The summed E-state index contributed by atoms with van der Waals surface area (Å²) in [6.07, 6.45) is 1.78. The molecule has 35 heavy (non-hydrogen) atoms. The molecule has 0 atom stereocenters. The van der Waals surface area contributed by atoms with Gasteiger partial charge in [-0.2, -0.15) is 0 Å². The van der Waals surface area contributed by atoms with Crippen molar-refractivity contribution in [2.45, 2.75) is 20.5 Å². The number of hydrogen-bond acceptors (Lipinski definition) is 6. The maximum Gasteiger partial charge on any atom is 0.335 e. The third kappa shape index (κ3) is 5.91. The summed E-state index contributed by atoms with van der Waals surface area (Å²) in [4.78, 5) is 28.5. The molecule has 1 aliphatic rings. The Morgan fingerprint density at radius 2 is 1.80 bits per heavy atom. The van der Waals surface area contributed by atoms with Crippen LogP contribution in [-0.4, -0.2) is 29.3 Å². The van der Waals surface area contributed by atoms with Crippen molar-refractivity contribution >= 4 is 40.6 Å². The highest BCUT2D eigenvalue weighted by Crippen LogP contribution is 2.33. The van der Waals surface area contributed by atoms with E-state index < -0.39 is 5.97 Å². The molecule has 0 unspecified atom stereocenters. The number of ether oxygens (including phenoxy) is 2. The van der Waals surface area contributed by atoms with Crippen LogP contribution in [0.2, 0.25) is 0 Å². The summed E-state index contributed by atoms with van der Waals surface area (Å²) in [5, 5.41) is 12.4. The van der Waals surface area contributed by atoms with Crippen LogP contribution in [0, 0.1) is 13.8 Å². The van der Waals surface area contributed by atoms with Crippen molar-refractivity contribution in [3.05, 3.63) is 93.4 Å². The van der Waals surface area contributed by atoms with Gasteiger partial charge in [-0.3, -0.25) is 4.79 Å². The number of hydrogen-bond donors (Lipinski definition) is 2. The van der Waals surface area contributed by atoms with Gasteiger partial charge < -0.3 is 19.9 Å². The van der Waals surface area contributed by atoms with Gasteiger partial charge in [0, 0.05) is 0 Å². The third-order valence-corrected chi connectivity index (χ3v) is 6.36. The average Bonchev–Trinajstić information content (AvgIpc) is 3.18. The van der Waals surface area contributed by atoms with E-state index in [9.17, 15) is 9.59 Å². The monoisotopic (exact) mass is 488 g/mol. The Morgan fingerprint density at radius 3 is 2.49 bits per heavy atom. The predicted molar refractivity (Wildman–Crippen MR) is 137 cm³/mol. The van der Waals surface area contributed by atoms with Crippen LogP contribution in [0.25, 0.3) is 6.08 Å². The first-order valence-corrected chi connectivity index (χ1v) is 11.6. The van der Waals surface area contributed by atoms with Crippen molar-refractivity contribution in [2.75, 3.05) is 7.11 Å².